The molecule has 1 rings (SSSR count). The summed E-state index contributed by atoms with van der Waals surface area (Å²) in [5.74, 6) is -7.64. The normalized spacial score (nSPS) is 11.5. The second-order valence-corrected chi connectivity index (χ2v) is 4.35. The number of carbonyl (C=O) groups excluding carboxylic acids is 2. The van der Waals surface area contributed by atoms with Crippen LogP contribution in [-0.2, 0) is 16.1 Å². The van der Waals surface area contributed by atoms with Crippen LogP contribution in [0.4, 0.5) is 17.6 Å². The maximum Gasteiger partial charge on any atom is 0.383 e. The van der Waals surface area contributed by atoms with Crippen LogP contribution < -0.4 is 5.73 Å². The summed E-state index contributed by atoms with van der Waals surface area (Å²) in [5.41, 5.74) is 5.36. The summed E-state index contributed by atoms with van der Waals surface area (Å²) in [5, 5.41) is 0. The summed E-state index contributed by atoms with van der Waals surface area (Å²) in [4.78, 5) is 22.8. The highest BCUT2D eigenvalue weighted by Crippen LogP contribution is 2.26. The van der Waals surface area contributed by atoms with Gasteiger partial charge in [0.15, 0.2) is 0 Å². The number of carbonyl (C=O) groups is 2. The van der Waals surface area contributed by atoms with Crippen LogP contribution in [0.15, 0.2) is 30.3 Å². The van der Waals surface area contributed by atoms with Crippen LogP contribution in [0.1, 0.15) is 12.0 Å². The molecule has 0 aliphatic carbocycles. The Hall–Kier alpha value is -2.12. The fraction of sp³-hybridized carbons (Fsp3) is 0.385. The van der Waals surface area contributed by atoms with E-state index in [9.17, 15) is 27.2 Å². The van der Waals surface area contributed by atoms with Gasteiger partial charge in [0.25, 0.3) is 5.91 Å². The average molecular weight is 306 g/mol. The molecule has 0 atom stereocenters. The lowest BCUT2D eigenvalue weighted by molar-refractivity contribution is -0.181. The summed E-state index contributed by atoms with van der Waals surface area (Å²) in [7, 11) is 0. The molecule has 1 aromatic rings. The molecular formula is C13H14F4N2O2. The fourth-order valence-electron chi connectivity index (χ4n) is 1.61. The van der Waals surface area contributed by atoms with Gasteiger partial charge in [0.1, 0.15) is 0 Å². The second kappa shape index (κ2) is 7.05. The Morgan fingerprint density at radius 1 is 1.19 bits per heavy atom. The van der Waals surface area contributed by atoms with Gasteiger partial charge in [-0.2, -0.15) is 8.78 Å². The highest BCUT2D eigenvalue weighted by Gasteiger charge is 2.51. The zero-order chi connectivity index (χ0) is 16.0. The van der Waals surface area contributed by atoms with Crippen molar-refractivity contribution >= 4 is 11.8 Å². The van der Waals surface area contributed by atoms with Gasteiger partial charge < -0.3 is 10.6 Å². The molecule has 0 bridgehead atoms. The number of halogens is 4. The third-order valence-electron chi connectivity index (χ3n) is 2.69. The van der Waals surface area contributed by atoms with Gasteiger partial charge in [0.2, 0.25) is 5.91 Å². The molecule has 0 aliphatic heterocycles. The maximum absolute atomic E-state index is 13.2. The summed E-state index contributed by atoms with van der Waals surface area (Å²) in [6.07, 6.45) is -4.51. The Balaban J connectivity index is 2.91. The Morgan fingerprint density at radius 3 is 2.24 bits per heavy atom. The minimum Gasteiger partial charge on any atom is -0.370 e. The zero-order valence-corrected chi connectivity index (χ0v) is 10.9. The average Bonchev–Trinajstić information content (AvgIpc) is 2.43. The lowest BCUT2D eigenvalue weighted by Crippen LogP contribution is -2.48. The van der Waals surface area contributed by atoms with Gasteiger partial charge in [0.05, 0.1) is 0 Å². The second-order valence-electron chi connectivity index (χ2n) is 4.35. The zero-order valence-electron chi connectivity index (χ0n) is 10.9. The summed E-state index contributed by atoms with van der Waals surface area (Å²) in [6.45, 7) is -0.763. The molecular weight excluding hydrogens is 292 g/mol. The first kappa shape index (κ1) is 16.9. The van der Waals surface area contributed by atoms with E-state index in [0.717, 1.165) is 0 Å². The first-order valence-electron chi connectivity index (χ1n) is 6.02. The van der Waals surface area contributed by atoms with E-state index in [1.807, 2.05) is 0 Å². The molecule has 4 nitrogen and oxygen atoms in total. The molecule has 1 aromatic carbocycles. The standard InChI is InChI=1S/C13H14F4N2O2/c14-11(15)13(16,17)12(21)19(7-6-10(18)20)8-9-4-2-1-3-5-9/h1-5,11H,6-8H2,(H2,18,20). The minimum atomic E-state index is -4.80. The molecule has 0 fully saturated rings. The van der Waals surface area contributed by atoms with Crippen LogP contribution in [0.25, 0.3) is 0 Å². The van der Waals surface area contributed by atoms with Gasteiger partial charge in [-0.05, 0) is 5.56 Å². The Morgan fingerprint density at radius 2 is 1.76 bits per heavy atom. The predicted molar refractivity (Wildman–Crippen MR) is 66.6 cm³/mol. The van der Waals surface area contributed by atoms with Crippen molar-refractivity contribution in [2.75, 3.05) is 6.54 Å². The minimum absolute atomic E-state index is 0.310. The van der Waals surface area contributed by atoms with Crippen LogP contribution in [0.2, 0.25) is 0 Å². The highest BCUT2D eigenvalue weighted by molar-refractivity contribution is 5.84. The first-order chi connectivity index (χ1) is 9.75. The van der Waals surface area contributed by atoms with E-state index >= 15 is 0 Å². The van der Waals surface area contributed by atoms with Crippen molar-refractivity contribution in [3.63, 3.8) is 0 Å². The monoisotopic (exact) mass is 306 g/mol. The van der Waals surface area contributed by atoms with E-state index in [4.69, 9.17) is 5.73 Å². The molecule has 8 heteroatoms. The van der Waals surface area contributed by atoms with Crippen molar-refractivity contribution in [1.29, 1.82) is 0 Å². The van der Waals surface area contributed by atoms with Gasteiger partial charge >= 0.3 is 12.3 Å². The molecule has 21 heavy (non-hydrogen) atoms. The van der Waals surface area contributed by atoms with Crippen molar-refractivity contribution < 1.29 is 27.2 Å². The molecule has 2 amide bonds. The maximum atomic E-state index is 13.2. The number of hydrogen-bond donors (Lipinski definition) is 1. The van der Waals surface area contributed by atoms with Crippen LogP contribution in [0.3, 0.4) is 0 Å². The van der Waals surface area contributed by atoms with E-state index < -0.39 is 37.1 Å². The smallest absolute Gasteiger partial charge is 0.370 e. The molecule has 0 spiro atoms. The van der Waals surface area contributed by atoms with Crippen molar-refractivity contribution in [3.8, 4) is 0 Å². The van der Waals surface area contributed by atoms with E-state index in [-0.39, 0.29) is 6.54 Å². The summed E-state index contributed by atoms with van der Waals surface area (Å²) < 4.78 is 50.9. The van der Waals surface area contributed by atoms with E-state index in [0.29, 0.717) is 10.5 Å². The molecule has 0 saturated carbocycles. The third-order valence-corrected chi connectivity index (χ3v) is 2.69. The van der Waals surface area contributed by atoms with Gasteiger partial charge in [-0.15, -0.1) is 0 Å². The van der Waals surface area contributed by atoms with Crippen molar-refractivity contribution in [3.05, 3.63) is 35.9 Å². The molecule has 0 saturated heterocycles. The third kappa shape index (κ3) is 4.73. The Kier molecular flexibility index (Phi) is 5.69. The van der Waals surface area contributed by atoms with Crippen LogP contribution in [-0.4, -0.2) is 35.6 Å². The Labute approximate surface area is 118 Å². The summed E-state index contributed by atoms with van der Waals surface area (Å²) in [6, 6.07) is 7.98. The topological polar surface area (TPSA) is 63.4 Å². The van der Waals surface area contributed by atoms with Crippen LogP contribution in [0, 0.1) is 0 Å². The first-order valence-corrected chi connectivity index (χ1v) is 6.02. The highest BCUT2D eigenvalue weighted by atomic mass is 19.3. The van der Waals surface area contributed by atoms with Gasteiger partial charge in [-0.3, -0.25) is 9.59 Å². The van der Waals surface area contributed by atoms with Crippen molar-refractivity contribution in [2.45, 2.75) is 25.3 Å². The molecule has 0 aromatic heterocycles. The van der Waals surface area contributed by atoms with Crippen molar-refractivity contribution in [2.24, 2.45) is 5.73 Å². The number of benzene rings is 1. The molecule has 2 N–H and O–H groups in total. The number of hydrogen-bond acceptors (Lipinski definition) is 2. The largest absolute Gasteiger partial charge is 0.383 e. The van der Waals surface area contributed by atoms with Gasteiger partial charge in [0, 0.05) is 19.5 Å². The number of alkyl halides is 4. The number of nitrogens with two attached hydrogens (primary N) is 1. The number of amides is 2. The summed E-state index contributed by atoms with van der Waals surface area (Å²) >= 11 is 0. The van der Waals surface area contributed by atoms with Gasteiger partial charge in [-0.25, -0.2) is 8.78 Å². The SMILES string of the molecule is NC(=O)CCN(Cc1ccccc1)C(=O)C(F)(F)C(F)F. The number of rotatable bonds is 7. The molecule has 0 unspecified atom stereocenters. The lowest BCUT2D eigenvalue weighted by atomic mass is 10.2. The molecule has 0 radical (unpaired) electrons. The fourth-order valence-corrected chi connectivity index (χ4v) is 1.61. The van der Waals surface area contributed by atoms with Gasteiger partial charge in [-0.1, -0.05) is 30.3 Å². The van der Waals surface area contributed by atoms with Crippen LogP contribution in [0.5, 0.6) is 0 Å². The number of nitrogens with zero attached hydrogens (tertiary/aromatic N) is 1. The van der Waals surface area contributed by atoms with E-state index in [2.05, 4.69) is 0 Å². The van der Waals surface area contributed by atoms with Crippen molar-refractivity contribution in [1.82, 2.24) is 4.90 Å². The van der Waals surface area contributed by atoms with E-state index in [1.54, 1.807) is 30.3 Å². The molecule has 0 heterocycles. The van der Waals surface area contributed by atoms with Crippen LogP contribution >= 0.6 is 0 Å². The predicted octanol–water partition coefficient (Wildman–Crippen LogP) is 1.79. The molecule has 0 aliphatic rings. The molecule has 116 valence electrons. The van der Waals surface area contributed by atoms with E-state index in [1.165, 1.54) is 0 Å². The quantitative estimate of drug-likeness (QED) is 0.781. The number of primary amides is 1. The Bertz CT molecular complexity index is 494. The lowest BCUT2D eigenvalue weighted by Gasteiger charge is -2.26.